The number of hydrogen-bond acceptors (Lipinski definition) is 5. The van der Waals surface area contributed by atoms with Crippen LogP contribution in [0.2, 0.25) is 0 Å². The predicted octanol–water partition coefficient (Wildman–Crippen LogP) is 6.72. The Labute approximate surface area is 233 Å². The first-order chi connectivity index (χ1) is 19.3. The van der Waals surface area contributed by atoms with Crippen molar-refractivity contribution in [2.45, 2.75) is 45.4 Å². The molecule has 0 radical (unpaired) electrons. The Morgan fingerprint density at radius 3 is 2.25 bits per heavy atom. The van der Waals surface area contributed by atoms with Gasteiger partial charge in [0.2, 0.25) is 5.78 Å². The van der Waals surface area contributed by atoms with E-state index >= 15 is 0 Å². The lowest BCUT2D eigenvalue weighted by Crippen LogP contribution is -2.25. The molecule has 0 bridgehead atoms. The molecule has 4 aromatic rings. The number of nitrogens with zero attached hydrogens (tertiary/aromatic N) is 1. The van der Waals surface area contributed by atoms with Gasteiger partial charge in [0.05, 0.1) is 11.8 Å². The number of aromatic nitrogens is 1. The summed E-state index contributed by atoms with van der Waals surface area (Å²) in [5.74, 6) is -2.30. The maximum Gasteiger partial charge on any atom is 0.375 e. The number of rotatable bonds is 12. The number of ether oxygens (including phenoxy) is 2. The zero-order chi connectivity index (χ0) is 28.6. The third kappa shape index (κ3) is 6.79. The highest BCUT2D eigenvalue weighted by Crippen LogP contribution is 2.38. The molecule has 0 N–H and O–H groups in total. The highest BCUT2D eigenvalue weighted by atomic mass is 19.1. The molecule has 3 aromatic carbocycles. The number of carbonyl (C=O) groups excluding carboxylic acids is 3. The number of carbonyl (C=O) groups is 3. The van der Waals surface area contributed by atoms with Gasteiger partial charge in [0, 0.05) is 42.5 Å². The van der Waals surface area contributed by atoms with Gasteiger partial charge >= 0.3 is 5.97 Å². The summed E-state index contributed by atoms with van der Waals surface area (Å²) < 4.78 is 26.3. The Balaban J connectivity index is 1.51. The molecule has 0 spiro atoms. The Hall–Kier alpha value is -4.36. The van der Waals surface area contributed by atoms with Crippen LogP contribution in [0.25, 0.3) is 28.1 Å². The zero-order valence-corrected chi connectivity index (χ0v) is 22.8. The molecule has 0 saturated carbocycles. The number of hydrogen-bond donors (Lipinski definition) is 0. The second-order valence-electron chi connectivity index (χ2n) is 9.80. The van der Waals surface area contributed by atoms with Crippen molar-refractivity contribution >= 4 is 34.5 Å². The van der Waals surface area contributed by atoms with Gasteiger partial charge in [-0.1, -0.05) is 60.7 Å². The topological polar surface area (TPSA) is 74.6 Å². The first-order valence-corrected chi connectivity index (χ1v) is 13.1. The second kappa shape index (κ2) is 13.1. The second-order valence-corrected chi connectivity index (χ2v) is 9.80. The Morgan fingerprint density at radius 1 is 0.900 bits per heavy atom. The Bertz CT molecular complexity index is 1520. The van der Waals surface area contributed by atoms with Gasteiger partial charge in [-0.15, -0.1) is 0 Å². The van der Waals surface area contributed by atoms with E-state index in [1.54, 1.807) is 30.3 Å². The fraction of sp³-hybridized carbons (Fsp3) is 0.242. The molecular weight excluding hydrogens is 509 g/mol. The van der Waals surface area contributed by atoms with Crippen molar-refractivity contribution in [3.63, 3.8) is 0 Å². The zero-order valence-electron chi connectivity index (χ0n) is 22.8. The molecule has 1 heterocycles. The van der Waals surface area contributed by atoms with Crippen LogP contribution in [0.1, 0.15) is 44.0 Å². The maximum absolute atomic E-state index is 13.7. The van der Waals surface area contributed by atoms with Crippen molar-refractivity contribution in [2.24, 2.45) is 0 Å². The van der Waals surface area contributed by atoms with E-state index in [1.807, 2.05) is 42.5 Å². The molecule has 7 heteroatoms. The molecular formula is C33H32FNO5. The van der Waals surface area contributed by atoms with Crippen molar-refractivity contribution in [3.8, 4) is 11.1 Å². The van der Waals surface area contributed by atoms with E-state index in [0.29, 0.717) is 0 Å². The molecule has 0 aliphatic rings. The van der Waals surface area contributed by atoms with Crippen molar-refractivity contribution in [3.05, 3.63) is 102 Å². The summed E-state index contributed by atoms with van der Waals surface area (Å²) in [6, 6.07) is 23.4. The molecule has 0 aliphatic carbocycles. The van der Waals surface area contributed by atoms with E-state index in [2.05, 4.69) is 18.4 Å². The normalized spacial score (nSPS) is 12.2. The number of fused-ring (bicyclic) bond motifs is 1. The molecule has 0 fully saturated rings. The first kappa shape index (κ1) is 28.6. The van der Waals surface area contributed by atoms with Crippen molar-refractivity contribution in [1.29, 1.82) is 0 Å². The quantitative estimate of drug-likeness (QED) is 0.113. The summed E-state index contributed by atoms with van der Waals surface area (Å²) in [6.07, 6.45) is 2.09. The lowest BCUT2D eigenvalue weighted by Gasteiger charge is -2.14. The van der Waals surface area contributed by atoms with Crippen LogP contribution >= 0.6 is 0 Å². The average Bonchev–Trinajstić information content (AvgIpc) is 3.29. The number of methoxy groups -OCH3 is 1. The minimum atomic E-state index is -0.959. The first-order valence-electron chi connectivity index (χ1n) is 13.1. The standard InChI is InChI=1S/C33H32FNO5/c1-22(2)35-29-12-8-7-11-28(29)32(24-13-15-25(34)16-14-24)30(35)18-17-26(36)19-27(39-3)20-31(37)33(38)40-21-23-9-5-4-6-10-23/h4-18,22,27H,19-21H2,1-3H3/b18-17+/t27-/m1/s1. The van der Waals surface area contributed by atoms with Crippen molar-refractivity contribution in [1.82, 2.24) is 4.57 Å². The number of allylic oxidation sites excluding steroid dienone is 1. The van der Waals surface area contributed by atoms with Gasteiger partial charge in [0.25, 0.3) is 0 Å². The fourth-order valence-corrected chi connectivity index (χ4v) is 4.72. The number of para-hydroxylation sites is 1. The van der Waals surface area contributed by atoms with Gasteiger partial charge in [-0.3, -0.25) is 9.59 Å². The van der Waals surface area contributed by atoms with E-state index in [0.717, 1.165) is 33.3 Å². The van der Waals surface area contributed by atoms with E-state index < -0.39 is 17.9 Å². The molecule has 1 aromatic heterocycles. The highest BCUT2D eigenvalue weighted by Gasteiger charge is 2.23. The van der Waals surface area contributed by atoms with Crippen LogP contribution in [0.3, 0.4) is 0 Å². The van der Waals surface area contributed by atoms with E-state index in [-0.39, 0.29) is 37.1 Å². The summed E-state index contributed by atoms with van der Waals surface area (Å²) in [7, 11) is 1.40. The largest absolute Gasteiger partial charge is 0.455 e. The molecule has 0 unspecified atom stereocenters. The summed E-state index contributed by atoms with van der Waals surface area (Å²) in [6.45, 7) is 4.11. The predicted molar refractivity (Wildman–Crippen MR) is 153 cm³/mol. The SMILES string of the molecule is CO[C@H](CC(=O)/C=C/c1c(-c2ccc(F)cc2)c2ccccc2n1C(C)C)CC(=O)C(=O)OCc1ccccc1. The Morgan fingerprint density at radius 2 is 1.57 bits per heavy atom. The summed E-state index contributed by atoms with van der Waals surface area (Å²) >= 11 is 0. The lowest BCUT2D eigenvalue weighted by atomic mass is 10.0. The monoisotopic (exact) mass is 541 g/mol. The maximum atomic E-state index is 13.7. The van der Waals surface area contributed by atoms with Crippen LogP contribution in [0, 0.1) is 5.82 Å². The summed E-state index contributed by atoms with van der Waals surface area (Å²) in [5.41, 5.74) is 4.31. The smallest absolute Gasteiger partial charge is 0.375 e. The number of Topliss-reactive ketones (excluding diaryl/α,β-unsaturated/α-hetero) is 1. The molecule has 0 saturated heterocycles. The number of halogens is 1. The third-order valence-electron chi connectivity index (χ3n) is 6.64. The molecule has 6 nitrogen and oxygen atoms in total. The van der Waals surface area contributed by atoms with E-state index in [1.165, 1.54) is 25.3 Å². The Kier molecular flexibility index (Phi) is 9.40. The number of esters is 1. The van der Waals surface area contributed by atoms with Gasteiger partial charge in [0.15, 0.2) is 5.78 Å². The lowest BCUT2D eigenvalue weighted by molar-refractivity contribution is -0.156. The van der Waals surface area contributed by atoms with Gasteiger partial charge < -0.3 is 14.0 Å². The van der Waals surface area contributed by atoms with Gasteiger partial charge in [-0.05, 0) is 55.3 Å². The minimum absolute atomic E-state index is 0.00896. The van der Waals surface area contributed by atoms with Gasteiger partial charge in [-0.25, -0.2) is 9.18 Å². The van der Waals surface area contributed by atoms with Crippen molar-refractivity contribution < 1.29 is 28.2 Å². The molecule has 0 aliphatic heterocycles. The average molecular weight is 542 g/mol. The van der Waals surface area contributed by atoms with Crippen LogP contribution in [-0.4, -0.2) is 35.3 Å². The van der Waals surface area contributed by atoms with Gasteiger partial charge in [0.1, 0.15) is 12.4 Å². The fourth-order valence-electron chi connectivity index (χ4n) is 4.72. The number of benzene rings is 3. The van der Waals surface area contributed by atoms with Gasteiger partial charge in [-0.2, -0.15) is 0 Å². The molecule has 40 heavy (non-hydrogen) atoms. The summed E-state index contributed by atoms with van der Waals surface area (Å²) in [5, 5.41) is 0.990. The molecule has 206 valence electrons. The van der Waals surface area contributed by atoms with Crippen LogP contribution in [0.15, 0.2) is 84.9 Å². The molecule has 0 amide bonds. The minimum Gasteiger partial charge on any atom is -0.455 e. The van der Waals surface area contributed by atoms with E-state index in [4.69, 9.17) is 9.47 Å². The molecule has 1 atom stereocenters. The van der Waals surface area contributed by atoms with Crippen molar-refractivity contribution in [2.75, 3.05) is 7.11 Å². The summed E-state index contributed by atoms with van der Waals surface area (Å²) in [4.78, 5) is 37.6. The van der Waals surface area contributed by atoms with Crippen LogP contribution in [0.4, 0.5) is 4.39 Å². The highest BCUT2D eigenvalue weighted by molar-refractivity contribution is 6.33. The third-order valence-corrected chi connectivity index (χ3v) is 6.64. The molecule has 4 rings (SSSR count). The van der Waals surface area contributed by atoms with Crippen LogP contribution < -0.4 is 0 Å². The van der Waals surface area contributed by atoms with E-state index in [9.17, 15) is 18.8 Å². The van der Waals surface area contributed by atoms with Crippen LogP contribution in [-0.2, 0) is 30.5 Å². The van der Waals surface area contributed by atoms with Crippen LogP contribution in [0.5, 0.6) is 0 Å². The number of ketones is 2.